The number of hydrogen-bond acceptors (Lipinski definition) is 2. The quantitative estimate of drug-likeness (QED) is 0.0838. The van der Waals surface area contributed by atoms with Gasteiger partial charge in [0.1, 0.15) is 0 Å². The number of halogens is 2. The molecule has 0 rings (SSSR count). The highest BCUT2D eigenvalue weighted by Gasteiger charge is 2.18. The minimum atomic E-state index is -2.34. The SMILES string of the molecule is C=C(C)C(=O)OCCCCCCCCCCCCCCCCCCCC(F)(F)[SiH3]. The summed E-state index contributed by atoms with van der Waals surface area (Å²) in [6.45, 7) is 5.76. The normalized spacial score (nSPS) is 11.7. The number of carbonyl (C=O) groups is 1. The van der Waals surface area contributed by atoms with Crippen molar-refractivity contribution in [2.45, 2.75) is 128 Å². The minimum Gasteiger partial charge on any atom is -0.462 e. The molecule has 5 heteroatoms. The topological polar surface area (TPSA) is 26.3 Å². The summed E-state index contributed by atoms with van der Waals surface area (Å²) in [5, 5.41) is 0. The van der Waals surface area contributed by atoms with E-state index in [9.17, 15) is 13.6 Å². The lowest BCUT2D eigenvalue weighted by molar-refractivity contribution is -0.139. The van der Waals surface area contributed by atoms with Gasteiger partial charge in [0.25, 0.3) is 0 Å². The maximum Gasteiger partial charge on any atom is 0.333 e. The van der Waals surface area contributed by atoms with Gasteiger partial charge in [0.2, 0.25) is 5.55 Å². The van der Waals surface area contributed by atoms with Crippen LogP contribution < -0.4 is 0 Å². The molecule has 0 fully saturated rings. The van der Waals surface area contributed by atoms with Crippen LogP contribution in [0.15, 0.2) is 12.2 Å². The van der Waals surface area contributed by atoms with E-state index in [0.29, 0.717) is 18.6 Å². The van der Waals surface area contributed by atoms with E-state index in [0.717, 1.165) is 25.7 Å². The number of unbranched alkanes of at least 4 members (excludes halogenated alkanes) is 16. The Morgan fingerprint density at radius 1 is 0.724 bits per heavy atom. The molecule has 0 amide bonds. The molecule has 0 aliphatic heterocycles. The molecule has 29 heavy (non-hydrogen) atoms. The number of ether oxygens (including phenoxy) is 1. The molecule has 2 nitrogen and oxygen atoms in total. The molecule has 0 spiro atoms. The largest absolute Gasteiger partial charge is 0.462 e. The van der Waals surface area contributed by atoms with Crippen LogP contribution in [0.2, 0.25) is 0 Å². The third kappa shape index (κ3) is 23.4. The van der Waals surface area contributed by atoms with Gasteiger partial charge in [-0.3, -0.25) is 0 Å². The molecule has 0 aliphatic rings. The van der Waals surface area contributed by atoms with Crippen molar-refractivity contribution in [1.82, 2.24) is 0 Å². The van der Waals surface area contributed by atoms with Crippen molar-refractivity contribution >= 4 is 16.2 Å². The maximum absolute atomic E-state index is 12.7. The van der Waals surface area contributed by atoms with Gasteiger partial charge in [0, 0.05) is 12.0 Å². The van der Waals surface area contributed by atoms with E-state index in [1.54, 1.807) is 6.92 Å². The minimum absolute atomic E-state index is 0.00117. The fourth-order valence-electron chi connectivity index (χ4n) is 3.48. The molecule has 0 saturated carbocycles. The van der Waals surface area contributed by atoms with Gasteiger partial charge in [0.15, 0.2) is 0 Å². The Labute approximate surface area is 181 Å². The molecular weight excluding hydrogens is 386 g/mol. The monoisotopic (exact) mass is 432 g/mol. The van der Waals surface area contributed by atoms with Crippen LogP contribution >= 0.6 is 0 Å². The first kappa shape index (κ1) is 28.3. The Balaban J connectivity index is 3.10. The van der Waals surface area contributed by atoms with Gasteiger partial charge in [0.05, 0.1) is 16.8 Å². The number of hydrogen-bond donors (Lipinski definition) is 0. The number of carbonyl (C=O) groups excluding carboxylic acids is 1. The van der Waals surface area contributed by atoms with E-state index >= 15 is 0 Å². The van der Waals surface area contributed by atoms with E-state index in [-0.39, 0.29) is 22.6 Å². The maximum atomic E-state index is 12.7. The molecule has 0 N–H and O–H groups in total. The molecule has 0 heterocycles. The summed E-state index contributed by atoms with van der Waals surface area (Å²) in [6.07, 6.45) is 20.7. The molecule has 0 atom stereocenters. The highest BCUT2D eigenvalue weighted by molar-refractivity contribution is 6.13. The first-order chi connectivity index (χ1) is 13.8. The van der Waals surface area contributed by atoms with E-state index in [1.165, 1.54) is 77.0 Å². The first-order valence-corrected chi connectivity index (χ1v) is 13.0. The van der Waals surface area contributed by atoms with Crippen molar-refractivity contribution in [3.8, 4) is 0 Å². The molecule has 0 unspecified atom stereocenters. The van der Waals surface area contributed by atoms with Crippen LogP contribution in [-0.2, 0) is 9.53 Å². The summed E-state index contributed by atoms with van der Waals surface area (Å²) in [6, 6.07) is 0. The fourth-order valence-corrected chi connectivity index (χ4v) is 3.83. The van der Waals surface area contributed by atoms with Crippen molar-refractivity contribution < 1.29 is 18.3 Å². The van der Waals surface area contributed by atoms with Crippen LogP contribution in [0.3, 0.4) is 0 Å². The summed E-state index contributed by atoms with van der Waals surface area (Å²) < 4.78 is 30.5. The van der Waals surface area contributed by atoms with Crippen molar-refractivity contribution in [3.63, 3.8) is 0 Å². The summed E-state index contributed by atoms with van der Waals surface area (Å²) in [5.74, 6) is -0.275. The van der Waals surface area contributed by atoms with E-state index in [1.807, 2.05) is 0 Å². The summed E-state index contributed by atoms with van der Waals surface area (Å²) in [7, 11) is -0.00117. The Morgan fingerprint density at radius 2 is 1.03 bits per heavy atom. The molecule has 0 bridgehead atoms. The van der Waals surface area contributed by atoms with Crippen molar-refractivity contribution in [3.05, 3.63) is 12.2 Å². The summed E-state index contributed by atoms with van der Waals surface area (Å²) in [5.41, 5.74) is -1.87. The summed E-state index contributed by atoms with van der Waals surface area (Å²) in [4.78, 5) is 11.2. The van der Waals surface area contributed by atoms with E-state index in [2.05, 4.69) is 6.58 Å². The van der Waals surface area contributed by atoms with Crippen molar-refractivity contribution in [2.24, 2.45) is 0 Å². The van der Waals surface area contributed by atoms with E-state index in [4.69, 9.17) is 4.74 Å². The van der Waals surface area contributed by atoms with Crippen LogP contribution in [0.4, 0.5) is 8.78 Å². The van der Waals surface area contributed by atoms with Crippen molar-refractivity contribution in [2.75, 3.05) is 6.61 Å². The van der Waals surface area contributed by atoms with Crippen LogP contribution in [0, 0.1) is 0 Å². The van der Waals surface area contributed by atoms with Gasteiger partial charge in [-0.1, -0.05) is 103 Å². The molecule has 0 aromatic rings. The van der Waals surface area contributed by atoms with Gasteiger partial charge in [-0.25, -0.2) is 13.6 Å². The van der Waals surface area contributed by atoms with Gasteiger partial charge in [-0.2, -0.15) is 0 Å². The predicted molar refractivity (Wildman–Crippen MR) is 124 cm³/mol. The second-order valence-electron chi connectivity index (χ2n) is 8.75. The van der Waals surface area contributed by atoms with Crippen molar-refractivity contribution in [1.29, 1.82) is 0 Å². The second-order valence-corrected chi connectivity index (χ2v) is 10.2. The lowest BCUT2D eigenvalue weighted by Gasteiger charge is -2.09. The first-order valence-electron chi connectivity index (χ1n) is 12.0. The highest BCUT2D eigenvalue weighted by atomic mass is 28.1. The average Bonchev–Trinajstić information content (AvgIpc) is 2.65. The standard InChI is InChI=1S/C24H46F2O2Si/c1-22(2)23(27)28-21-19-17-15-13-11-9-7-5-3-4-6-8-10-12-14-16-18-20-24(25,26)29/h1,3-21H2,2,29H3. The lowest BCUT2D eigenvalue weighted by Crippen LogP contribution is -2.14. The molecule has 0 aromatic carbocycles. The smallest absolute Gasteiger partial charge is 0.333 e. The van der Waals surface area contributed by atoms with E-state index < -0.39 is 5.55 Å². The number of alkyl halides is 2. The zero-order chi connectivity index (χ0) is 21.8. The third-order valence-corrected chi connectivity index (χ3v) is 5.84. The Kier molecular flexibility index (Phi) is 18.8. The zero-order valence-corrected chi connectivity index (χ0v) is 21.2. The van der Waals surface area contributed by atoms with Gasteiger partial charge < -0.3 is 4.74 Å². The summed E-state index contributed by atoms with van der Waals surface area (Å²) >= 11 is 0. The molecule has 0 radical (unpaired) electrons. The Bertz CT molecular complexity index is 408. The van der Waals surface area contributed by atoms with Crippen LogP contribution in [0.25, 0.3) is 0 Å². The number of esters is 1. The average molecular weight is 433 g/mol. The fraction of sp³-hybridized carbons (Fsp3) is 0.875. The number of rotatable bonds is 21. The molecule has 172 valence electrons. The molecule has 0 aromatic heterocycles. The van der Waals surface area contributed by atoms with Gasteiger partial charge >= 0.3 is 5.97 Å². The molecular formula is C24H46F2O2Si. The second kappa shape index (κ2) is 19.3. The van der Waals surface area contributed by atoms with Crippen LogP contribution in [0.5, 0.6) is 0 Å². The molecule has 0 saturated heterocycles. The third-order valence-electron chi connectivity index (χ3n) is 5.34. The van der Waals surface area contributed by atoms with Crippen LogP contribution in [-0.4, -0.2) is 28.4 Å². The van der Waals surface area contributed by atoms with Gasteiger partial charge in [-0.15, -0.1) is 0 Å². The van der Waals surface area contributed by atoms with Crippen LogP contribution in [0.1, 0.15) is 122 Å². The zero-order valence-electron chi connectivity index (χ0n) is 19.2. The Morgan fingerprint density at radius 3 is 1.34 bits per heavy atom. The van der Waals surface area contributed by atoms with Gasteiger partial charge in [-0.05, 0) is 19.8 Å². The Hall–Kier alpha value is -0.713. The lowest BCUT2D eigenvalue weighted by atomic mass is 10.0. The predicted octanol–water partition coefficient (Wildman–Crippen LogP) is 7.09. The highest BCUT2D eigenvalue weighted by Crippen LogP contribution is 2.19. The molecule has 0 aliphatic carbocycles.